The zero-order valence-corrected chi connectivity index (χ0v) is 11.7. The molecule has 1 aliphatic heterocycles. The zero-order valence-electron chi connectivity index (χ0n) is 10.1. The maximum absolute atomic E-state index is 11.7. The molecule has 0 aliphatic carbocycles. The standard InChI is InChI=1S/C13H17BrN2O2/c14-11-1-3-12(4-2-11)16-13(17)8-15-7-10-5-6-18-9-10/h1-4,10,15H,5-9H2,(H,16,17). The van der Waals surface area contributed by atoms with Gasteiger partial charge in [-0.1, -0.05) is 15.9 Å². The number of hydrogen-bond acceptors (Lipinski definition) is 3. The van der Waals surface area contributed by atoms with E-state index in [9.17, 15) is 4.79 Å². The van der Waals surface area contributed by atoms with E-state index >= 15 is 0 Å². The molecule has 1 heterocycles. The van der Waals surface area contributed by atoms with E-state index in [0.29, 0.717) is 12.5 Å². The number of anilines is 1. The number of amides is 1. The third-order valence-corrected chi connectivity index (χ3v) is 3.40. The van der Waals surface area contributed by atoms with Gasteiger partial charge in [0.2, 0.25) is 5.91 Å². The van der Waals surface area contributed by atoms with E-state index in [-0.39, 0.29) is 5.91 Å². The molecule has 18 heavy (non-hydrogen) atoms. The third-order valence-electron chi connectivity index (χ3n) is 2.87. The molecule has 5 heteroatoms. The summed E-state index contributed by atoms with van der Waals surface area (Å²) in [5, 5.41) is 6.00. The molecule has 1 fully saturated rings. The maximum Gasteiger partial charge on any atom is 0.238 e. The summed E-state index contributed by atoms with van der Waals surface area (Å²) in [6.45, 7) is 2.83. The lowest BCUT2D eigenvalue weighted by atomic mass is 10.1. The monoisotopic (exact) mass is 312 g/mol. The van der Waals surface area contributed by atoms with E-state index in [1.54, 1.807) is 0 Å². The van der Waals surface area contributed by atoms with Crippen molar-refractivity contribution in [3.05, 3.63) is 28.7 Å². The maximum atomic E-state index is 11.7. The molecule has 1 amide bonds. The lowest BCUT2D eigenvalue weighted by Crippen LogP contribution is -2.31. The van der Waals surface area contributed by atoms with Crippen molar-refractivity contribution in [2.24, 2.45) is 5.92 Å². The van der Waals surface area contributed by atoms with Gasteiger partial charge >= 0.3 is 0 Å². The van der Waals surface area contributed by atoms with Crippen LogP contribution < -0.4 is 10.6 Å². The van der Waals surface area contributed by atoms with Gasteiger partial charge in [-0.05, 0) is 36.6 Å². The van der Waals surface area contributed by atoms with Crippen molar-refractivity contribution in [2.45, 2.75) is 6.42 Å². The highest BCUT2D eigenvalue weighted by Gasteiger charge is 2.15. The second kappa shape index (κ2) is 6.87. The first-order chi connectivity index (χ1) is 8.74. The summed E-state index contributed by atoms with van der Waals surface area (Å²) in [5.74, 6) is 0.529. The second-order valence-electron chi connectivity index (χ2n) is 4.42. The van der Waals surface area contributed by atoms with Crippen molar-refractivity contribution in [3.63, 3.8) is 0 Å². The van der Waals surface area contributed by atoms with Gasteiger partial charge in [0.1, 0.15) is 0 Å². The fourth-order valence-corrected chi connectivity index (χ4v) is 2.14. The van der Waals surface area contributed by atoms with Crippen molar-refractivity contribution in [1.82, 2.24) is 5.32 Å². The first-order valence-corrected chi connectivity index (χ1v) is 6.87. The van der Waals surface area contributed by atoms with E-state index in [1.807, 2.05) is 24.3 Å². The molecule has 0 radical (unpaired) electrons. The number of rotatable bonds is 5. The van der Waals surface area contributed by atoms with Crippen LogP contribution in [-0.4, -0.2) is 32.2 Å². The predicted octanol–water partition coefficient (Wildman–Crippen LogP) is 2.01. The van der Waals surface area contributed by atoms with Crippen LogP contribution in [0.25, 0.3) is 0 Å². The van der Waals surface area contributed by atoms with Crippen LogP contribution in [0.1, 0.15) is 6.42 Å². The van der Waals surface area contributed by atoms with Crippen LogP contribution in [0.4, 0.5) is 5.69 Å². The molecule has 2 N–H and O–H groups in total. The predicted molar refractivity (Wildman–Crippen MR) is 74.6 cm³/mol. The smallest absolute Gasteiger partial charge is 0.238 e. The summed E-state index contributed by atoms with van der Waals surface area (Å²) in [5.41, 5.74) is 0.814. The molecule has 1 aliphatic rings. The summed E-state index contributed by atoms with van der Waals surface area (Å²) in [4.78, 5) is 11.7. The number of nitrogens with one attached hydrogen (secondary N) is 2. The molecular formula is C13H17BrN2O2. The van der Waals surface area contributed by atoms with Crippen LogP contribution in [0, 0.1) is 5.92 Å². The van der Waals surface area contributed by atoms with Crippen LogP contribution in [0.5, 0.6) is 0 Å². The Morgan fingerprint density at radius 1 is 1.39 bits per heavy atom. The topological polar surface area (TPSA) is 50.4 Å². The molecule has 4 nitrogen and oxygen atoms in total. The summed E-state index contributed by atoms with van der Waals surface area (Å²) >= 11 is 3.35. The minimum atomic E-state index is -0.0174. The summed E-state index contributed by atoms with van der Waals surface area (Å²) in [7, 11) is 0. The van der Waals surface area contributed by atoms with Gasteiger partial charge in [0.15, 0.2) is 0 Å². The molecule has 1 aromatic carbocycles. The molecule has 1 atom stereocenters. The van der Waals surface area contributed by atoms with Gasteiger partial charge in [-0.3, -0.25) is 4.79 Å². The Hall–Kier alpha value is -0.910. The molecule has 98 valence electrons. The van der Waals surface area contributed by atoms with Gasteiger partial charge in [0.25, 0.3) is 0 Å². The van der Waals surface area contributed by atoms with Gasteiger partial charge in [0.05, 0.1) is 13.2 Å². The highest BCUT2D eigenvalue weighted by molar-refractivity contribution is 9.10. The molecule has 0 bridgehead atoms. The summed E-state index contributed by atoms with van der Waals surface area (Å²) in [6, 6.07) is 7.54. The second-order valence-corrected chi connectivity index (χ2v) is 5.33. The van der Waals surface area contributed by atoms with Gasteiger partial charge in [-0.2, -0.15) is 0 Å². The third kappa shape index (κ3) is 4.40. The molecule has 2 rings (SSSR count). The SMILES string of the molecule is O=C(CNCC1CCOC1)Nc1ccc(Br)cc1. The van der Waals surface area contributed by atoms with E-state index < -0.39 is 0 Å². The molecule has 0 spiro atoms. The lowest BCUT2D eigenvalue weighted by molar-refractivity contribution is -0.115. The average molecular weight is 313 g/mol. The Kier molecular flexibility index (Phi) is 5.16. The minimum Gasteiger partial charge on any atom is -0.381 e. The van der Waals surface area contributed by atoms with Crippen LogP contribution in [0.15, 0.2) is 28.7 Å². The highest BCUT2D eigenvalue weighted by Crippen LogP contribution is 2.14. The Morgan fingerprint density at radius 3 is 2.83 bits per heavy atom. The molecule has 0 saturated carbocycles. The van der Waals surface area contributed by atoms with E-state index in [0.717, 1.165) is 36.3 Å². The van der Waals surface area contributed by atoms with Gasteiger partial charge < -0.3 is 15.4 Å². The Labute approximate surface area is 115 Å². The first kappa shape index (κ1) is 13.5. The normalized spacial score (nSPS) is 18.8. The Morgan fingerprint density at radius 2 is 2.17 bits per heavy atom. The fourth-order valence-electron chi connectivity index (χ4n) is 1.87. The number of benzene rings is 1. The molecule has 1 unspecified atom stereocenters. The molecule has 0 aromatic heterocycles. The number of hydrogen-bond donors (Lipinski definition) is 2. The Bertz CT molecular complexity index is 388. The van der Waals surface area contributed by atoms with E-state index in [1.165, 1.54) is 0 Å². The minimum absolute atomic E-state index is 0.0174. The molecular weight excluding hydrogens is 296 g/mol. The number of carbonyl (C=O) groups excluding carboxylic acids is 1. The zero-order chi connectivity index (χ0) is 12.8. The van der Waals surface area contributed by atoms with Crippen molar-refractivity contribution >= 4 is 27.5 Å². The molecule has 1 aromatic rings. The van der Waals surface area contributed by atoms with Crippen LogP contribution in [0.2, 0.25) is 0 Å². The van der Waals surface area contributed by atoms with Gasteiger partial charge in [-0.15, -0.1) is 0 Å². The number of ether oxygens (including phenoxy) is 1. The van der Waals surface area contributed by atoms with Crippen LogP contribution in [0.3, 0.4) is 0 Å². The van der Waals surface area contributed by atoms with E-state index in [2.05, 4.69) is 26.6 Å². The quantitative estimate of drug-likeness (QED) is 0.874. The van der Waals surface area contributed by atoms with Gasteiger partial charge in [0, 0.05) is 23.3 Å². The van der Waals surface area contributed by atoms with Crippen molar-refractivity contribution in [2.75, 3.05) is 31.6 Å². The largest absolute Gasteiger partial charge is 0.381 e. The van der Waals surface area contributed by atoms with Crippen molar-refractivity contribution in [3.8, 4) is 0 Å². The van der Waals surface area contributed by atoms with Crippen LogP contribution in [-0.2, 0) is 9.53 Å². The number of halogens is 1. The number of carbonyl (C=O) groups is 1. The first-order valence-electron chi connectivity index (χ1n) is 6.08. The summed E-state index contributed by atoms with van der Waals surface area (Å²) in [6.07, 6.45) is 1.08. The van der Waals surface area contributed by atoms with E-state index in [4.69, 9.17) is 4.74 Å². The highest BCUT2D eigenvalue weighted by atomic mass is 79.9. The lowest BCUT2D eigenvalue weighted by Gasteiger charge is -2.09. The van der Waals surface area contributed by atoms with Crippen molar-refractivity contribution < 1.29 is 9.53 Å². The summed E-state index contributed by atoms with van der Waals surface area (Å²) < 4.78 is 6.28. The molecule has 1 saturated heterocycles. The fraction of sp³-hybridized carbons (Fsp3) is 0.462. The Balaban J connectivity index is 1.66. The van der Waals surface area contributed by atoms with Crippen LogP contribution >= 0.6 is 15.9 Å². The van der Waals surface area contributed by atoms with Crippen molar-refractivity contribution in [1.29, 1.82) is 0 Å². The van der Waals surface area contributed by atoms with Gasteiger partial charge in [-0.25, -0.2) is 0 Å². The average Bonchev–Trinajstić information content (AvgIpc) is 2.85.